The first kappa shape index (κ1) is 18.8. The van der Waals surface area contributed by atoms with Crippen molar-refractivity contribution in [3.8, 4) is 11.5 Å². The molecule has 138 valence electrons. The number of carboxylic acid groups (broad SMARTS) is 1. The Morgan fingerprint density at radius 2 is 1.88 bits per heavy atom. The van der Waals surface area contributed by atoms with Gasteiger partial charge in [0, 0.05) is 6.54 Å². The summed E-state index contributed by atoms with van der Waals surface area (Å²) >= 11 is 0. The highest BCUT2D eigenvalue weighted by Crippen LogP contribution is 2.28. The molecule has 0 unspecified atom stereocenters. The summed E-state index contributed by atoms with van der Waals surface area (Å²) in [4.78, 5) is 24.3. The largest absolute Gasteiger partial charge is 0.480 e. The molecule has 1 aliphatic heterocycles. The van der Waals surface area contributed by atoms with Crippen LogP contribution in [0.5, 0.6) is 11.5 Å². The van der Waals surface area contributed by atoms with E-state index >= 15 is 0 Å². The van der Waals surface area contributed by atoms with Crippen LogP contribution in [0.4, 0.5) is 13.2 Å². The number of carbonyl (C=O) groups is 2. The SMILES string of the molecule is O=C(O)[C@@H]1CN(C(=O)COc2ccccc2OCC(F)(F)F)CCO1. The van der Waals surface area contributed by atoms with Gasteiger partial charge in [-0.3, -0.25) is 4.79 Å². The van der Waals surface area contributed by atoms with Crippen molar-refractivity contribution < 1.29 is 42.1 Å². The molecule has 1 aliphatic rings. The first-order chi connectivity index (χ1) is 11.8. The zero-order valence-electron chi connectivity index (χ0n) is 13.0. The van der Waals surface area contributed by atoms with Crippen molar-refractivity contribution in [3.63, 3.8) is 0 Å². The van der Waals surface area contributed by atoms with Crippen LogP contribution in [0.3, 0.4) is 0 Å². The molecular weight excluding hydrogens is 347 g/mol. The number of morpholine rings is 1. The zero-order valence-corrected chi connectivity index (χ0v) is 13.0. The summed E-state index contributed by atoms with van der Waals surface area (Å²) in [5.41, 5.74) is 0. The van der Waals surface area contributed by atoms with Crippen molar-refractivity contribution in [2.45, 2.75) is 12.3 Å². The number of para-hydroxylation sites is 2. The third-order valence-corrected chi connectivity index (χ3v) is 3.29. The van der Waals surface area contributed by atoms with Crippen molar-refractivity contribution in [2.75, 3.05) is 32.9 Å². The Morgan fingerprint density at radius 3 is 2.48 bits per heavy atom. The lowest BCUT2D eigenvalue weighted by molar-refractivity contribution is -0.160. The minimum Gasteiger partial charge on any atom is -0.480 e. The quantitative estimate of drug-likeness (QED) is 0.821. The Balaban J connectivity index is 1.92. The summed E-state index contributed by atoms with van der Waals surface area (Å²) < 4.78 is 51.6. The van der Waals surface area contributed by atoms with Gasteiger partial charge in [-0.2, -0.15) is 13.2 Å². The van der Waals surface area contributed by atoms with Gasteiger partial charge in [0.1, 0.15) is 0 Å². The van der Waals surface area contributed by atoms with Gasteiger partial charge in [-0.15, -0.1) is 0 Å². The molecule has 1 amide bonds. The van der Waals surface area contributed by atoms with E-state index in [1.54, 1.807) is 0 Å². The van der Waals surface area contributed by atoms with Gasteiger partial charge in [-0.1, -0.05) is 12.1 Å². The number of halogens is 3. The maximum absolute atomic E-state index is 12.2. The highest BCUT2D eigenvalue weighted by atomic mass is 19.4. The smallest absolute Gasteiger partial charge is 0.422 e. The molecule has 0 spiro atoms. The normalized spacial score (nSPS) is 17.9. The number of carboxylic acids is 1. The van der Waals surface area contributed by atoms with E-state index in [9.17, 15) is 22.8 Å². The second-order valence-corrected chi connectivity index (χ2v) is 5.18. The fraction of sp³-hybridized carbons (Fsp3) is 0.467. The van der Waals surface area contributed by atoms with Crippen LogP contribution >= 0.6 is 0 Å². The number of rotatable bonds is 6. The van der Waals surface area contributed by atoms with Crippen LogP contribution in [-0.4, -0.2) is 67.1 Å². The first-order valence-corrected chi connectivity index (χ1v) is 7.30. The Labute approximate surface area is 140 Å². The number of benzene rings is 1. The Morgan fingerprint density at radius 1 is 1.24 bits per heavy atom. The second-order valence-electron chi connectivity index (χ2n) is 5.18. The molecule has 1 heterocycles. The van der Waals surface area contributed by atoms with Gasteiger partial charge in [0.25, 0.3) is 5.91 Å². The topological polar surface area (TPSA) is 85.3 Å². The predicted molar refractivity (Wildman–Crippen MR) is 77.4 cm³/mol. The van der Waals surface area contributed by atoms with Gasteiger partial charge in [0.2, 0.25) is 0 Å². The van der Waals surface area contributed by atoms with E-state index in [-0.39, 0.29) is 31.2 Å². The molecule has 0 aliphatic carbocycles. The second kappa shape index (κ2) is 8.06. The molecule has 1 fully saturated rings. The molecule has 0 bridgehead atoms. The molecule has 25 heavy (non-hydrogen) atoms. The Kier molecular flexibility index (Phi) is 6.07. The number of amides is 1. The fourth-order valence-corrected chi connectivity index (χ4v) is 2.10. The van der Waals surface area contributed by atoms with Crippen LogP contribution in [-0.2, 0) is 14.3 Å². The van der Waals surface area contributed by atoms with Gasteiger partial charge in [-0.25, -0.2) is 4.79 Å². The molecule has 0 radical (unpaired) electrons. The van der Waals surface area contributed by atoms with E-state index in [2.05, 4.69) is 4.74 Å². The maximum atomic E-state index is 12.2. The monoisotopic (exact) mass is 363 g/mol. The molecule has 1 N–H and O–H groups in total. The lowest BCUT2D eigenvalue weighted by atomic mass is 10.2. The van der Waals surface area contributed by atoms with E-state index in [0.717, 1.165) is 0 Å². The van der Waals surface area contributed by atoms with Crippen LogP contribution in [0, 0.1) is 0 Å². The number of aliphatic carboxylic acids is 1. The van der Waals surface area contributed by atoms with Crippen LogP contribution in [0.2, 0.25) is 0 Å². The van der Waals surface area contributed by atoms with Crippen molar-refractivity contribution in [1.29, 1.82) is 0 Å². The van der Waals surface area contributed by atoms with E-state index in [4.69, 9.17) is 14.6 Å². The lowest BCUT2D eigenvalue weighted by Gasteiger charge is -2.30. The molecule has 0 aromatic heterocycles. The van der Waals surface area contributed by atoms with E-state index < -0.39 is 37.4 Å². The van der Waals surface area contributed by atoms with E-state index in [1.165, 1.54) is 29.2 Å². The van der Waals surface area contributed by atoms with Gasteiger partial charge >= 0.3 is 12.1 Å². The average Bonchev–Trinajstić information content (AvgIpc) is 2.58. The zero-order chi connectivity index (χ0) is 18.4. The standard InChI is InChI=1S/C15H16F3NO6/c16-15(17,18)9-25-11-4-2-1-3-10(11)24-8-13(20)19-5-6-23-12(7-19)14(21)22/h1-4,12H,5-9H2,(H,21,22)/t12-/m0/s1. The number of alkyl halides is 3. The van der Waals surface area contributed by atoms with Crippen LogP contribution < -0.4 is 9.47 Å². The average molecular weight is 363 g/mol. The predicted octanol–water partition coefficient (Wildman–Crippen LogP) is 1.32. The molecule has 1 aromatic rings. The molecule has 7 nitrogen and oxygen atoms in total. The lowest BCUT2D eigenvalue weighted by Crippen LogP contribution is -2.49. The van der Waals surface area contributed by atoms with Gasteiger partial charge in [0.15, 0.2) is 30.8 Å². The van der Waals surface area contributed by atoms with Crippen LogP contribution in [0.15, 0.2) is 24.3 Å². The number of nitrogens with zero attached hydrogens (tertiary/aromatic N) is 1. The molecular formula is C15H16F3NO6. The third-order valence-electron chi connectivity index (χ3n) is 3.29. The number of ether oxygens (including phenoxy) is 3. The van der Waals surface area contributed by atoms with Crippen molar-refractivity contribution >= 4 is 11.9 Å². The molecule has 1 saturated heterocycles. The number of hydrogen-bond acceptors (Lipinski definition) is 5. The summed E-state index contributed by atoms with van der Waals surface area (Å²) in [6, 6.07) is 5.66. The highest BCUT2D eigenvalue weighted by molar-refractivity contribution is 5.80. The summed E-state index contributed by atoms with van der Waals surface area (Å²) in [5.74, 6) is -1.83. The van der Waals surface area contributed by atoms with Crippen LogP contribution in [0.1, 0.15) is 0 Å². The molecule has 10 heteroatoms. The molecule has 1 aromatic carbocycles. The molecule has 0 saturated carbocycles. The summed E-state index contributed by atoms with van der Waals surface area (Å²) in [5, 5.41) is 8.90. The maximum Gasteiger partial charge on any atom is 0.422 e. The van der Waals surface area contributed by atoms with Gasteiger partial charge < -0.3 is 24.2 Å². The molecule has 2 rings (SSSR count). The van der Waals surface area contributed by atoms with Crippen LogP contribution in [0.25, 0.3) is 0 Å². The van der Waals surface area contributed by atoms with Gasteiger partial charge in [-0.05, 0) is 12.1 Å². The first-order valence-electron chi connectivity index (χ1n) is 7.30. The van der Waals surface area contributed by atoms with E-state index in [1.807, 2.05) is 0 Å². The Bertz CT molecular complexity index is 622. The highest BCUT2D eigenvalue weighted by Gasteiger charge is 2.30. The van der Waals surface area contributed by atoms with Gasteiger partial charge in [0.05, 0.1) is 13.2 Å². The summed E-state index contributed by atoms with van der Waals surface area (Å²) in [6.07, 6.45) is -5.61. The minimum absolute atomic E-state index is 0.0110. The number of carbonyl (C=O) groups excluding carboxylic acids is 1. The summed E-state index contributed by atoms with van der Waals surface area (Å²) in [7, 11) is 0. The fourth-order valence-electron chi connectivity index (χ4n) is 2.10. The third kappa shape index (κ3) is 5.82. The number of hydrogen-bond donors (Lipinski definition) is 1. The molecule has 1 atom stereocenters. The summed E-state index contributed by atoms with van der Waals surface area (Å²) in [6.45, 7) is -1.78. The van der Waals surface area contributed by atoms with Crippen molar-refractivity contribution in [2.24, 2.45) is 0 Å². The van der Waals surface area contributed by atoms with E-state index in [0.29, 0.717) is 0 Å². The Hall–Kier alpha value is -2.49. The van der Waals surface area contributed by atoms with Crippen molar-refractivity contribution in [1.82, 2.24) is 4.90 Å². The minimum atomic E-state index is -4.50. The van der Waals surface area contributed by atoms with Crippen molar-refractivity contribution in [3.05, 3.63) is 24.3 Å².